The normalized spacial score (nSPS) is 26.6. The van der Waals surface area contributed by atoms with Gasteiger partial charge in [0.25, 0.3) is 0 Å². The number of rotatable bonds is 6. The van der Waals surface area contributed by atoms with Gasteiger partial charge < -0.3 is 16.0 Å². The van der Waals surface area contributed by atoms with E-state index < -0.39 is 15.1 Å². The van der Waals surface area contributed by atoms with Gasteiger partial charge in [0.2, 0.25) is 5.91 Å². The lowest BCUT2D eigenvalue weighted by molar-refractivity contribution is -0.116. The van der Waals surface area contributed by atoms with Crippen molar-refractivity contribution < 1.29 is 18.0 Å². The molecule has 0 saturated carbocycles. The van der Waals surface area contributed by atoms with Gasteiger partial charge in [-0.1, -0.05) is 22.4 Å². The molecule has 2 fully saturated rings. The number of halogens is 1. The summed E-state index contributed by atoms with van der Waals surface area (Å²) in [6, 6.07) is 6.33. The number of hydrogen-bond donors (Lipinski definition) is 3. The summed E-state index contributed by atoms with van der Waals surface area (Å²) in [6.07, 6.45) is 2.02. The van der Waals surface area contributed by atoms with Gasteiger partial charge in [-0.3, -0.25) is 4.79 Å². The summed E-state index contributed by atoms with van der Waals surface area (Å²) in [5.41, 5.74) is 0.731. The quantitative estimate of drug-likeness (QED) is 0.473. The third-order valence-electron chi connectivity index (χ3n) is 4.59. The summed E-state index contributed by atoms with van der Waals surface area (Å²) in [6.45, 7) is 0. The van der Waals surface area contributed by atoms with Crippen LogP contribution in [-0.4, -0.2) is 43.4 Å². The van der Waals surface area contributed by atoms with Crippen molar-refractivity contribution in [2.75, 3.05) is 11.1 Å². The Hall–Kier alpha value is -1.61. The molecule has 1 aromatic rings. The third kappa shape index (κ3) is 4.33. The molecule has 1 aromatic carbocycles. The van der Waals surface area contributed by atoms with Crippen LogP contribution in [0.5, 0.6) is 0 Å². The second kappa shape index (κ2) is 7.33. The molecule has 2 saturated heterocycles. The first kappa shape index (κ1) is 18.2. The van der Waals surface area contributed by atoms with Gasteiger partial charge in [0.05, 0.1) is 23.1 Å². The Labute approximate surface area is 155 Å². The maximum absolute atomic E-state index is 12.2. The van der Waals surface area contributed by atoms with Crippen LogP contribution in [0.3, 0.4) is 0 Å². The molecule has 7 nitrogen and oxygen atoms in total. The second-order valence-electron chi connectivity index (χ2n) is 6.42. The van der Waals surface area contributed by atoms with Crippen LogP contribution in [0.2, 0.25) is 0 Å². The molecular weight excluding hydrogens is 410 g/mol. The summed E-state index contributed by atoms with van der Waals surface area (Å²) in [5, 5.41) is 7.59. The van der Waals surface area contributed by atoms with Gasteiger partial charge in [0.15, 0.2) is 9.84 Å². The Morgan fingerprint density at radius 2 is 1.92 bits per heavy atom. The number of benzene rings is 1. The minimum absolute atomic E-state index is 0.00880. The van der Waals surface area contributed by atoms with E-state index in [9.17, 15) is 18.0 Å². The highest BCUT2D eigenvalue weighted by Crippen LogP contribution is 2.28. The number of hydrogen-bond acceptors (Lipinski definition) is 4. The summed E-state index contributed by atoms with van der Waals surface area (Å²) in [5.74, 6) is -0.101. The van der Waals surface area contributed by atoms with E-state index in [-0.39, 0.29) is 29.8 Å². The van der Waals surface area contributed by atoms with Gasteiger partial charge in [-0.25, -0.2) is 13.2 Å². The molecule has 0 unspecified atom stereocenters. The molecule has 25 heavy (non-hydrogen) atoms. The zero-order valence-electron chi connectivity index (χ0n) is 13.5. The standard InChI is InChI=1S/C16H20BrN3O4S/c17-10-5-7-11(8-6-10)18-14(21)4-2-1-3-13-15-12(9-25(13,23)24)19-16(22)20-15/h5-8,12-13,15H,1-4,9H2,(H,18,21)(H2,19,20,22)/t12-,13-,15-/m1/s1. The van der Waals surface area contributed by atoms with Crippen molar-refractivity contribution in [2.45, 2.75) is 43.0 Å². The van der Waals surface area contributed by atoms with Crippen LogP contribution in [-0.2, 0) is 14.6 Å². The number of urea groups is 1. The van der Waals surface area contributed by atoms with Gasteiger partial charge in [-0.2, -0.15) is 0 Å². The molecule has 0 radical (unpaired) electrons. The van der Waals surface area contributed by atoms with E-state index in [2.05, 4.69) is 31.9 Å². The minimum Gasteiger partial charge on any atom is -0.332 e. The van der Waals surface area contributed by atoms with Crippen LogP contribution in [0.25, 0.3) is 0 Å². The average molecular weight is 430 g/mol. The van der Waals surface area contributed by atoms with Crippen molar-refractivity contribution in [3.8, 4) is 0 Å². The fraction of sp³-hybridized carbons (Fsp3) is 0.500. The van der Waals surface area contributed by atoms with Gasteiger partial charge >= 0.3 is 6.03 Å². The van der Waals surface area contributed by atoms with Crippen LogP contribution in [0.1, 0.15) is 25.7 Å². The lowest BCUT2D eigenvalue weighted by atomic mass is 10.0. The van der Waals surface area contributed by atoms with Crippen molar-refractivity contribution in [3.05, 3.63) is 28.7 Å². The van der Waals surface area contributed by atoms with Crippen molar-refractivity contribution in [3.63, 3.8) is 0 Å². The highest BCUT2D eigenvalue weighted by atomic mass is 79.9. The Balaban J connectivity index is 1.44. The Morgan fingerprint density at radius 1 is 1.20 bits per heavy atom. The second-order valence-corrected chi connectivity index (χ2v) is 9.60. The summed E-state index contributed by atoms with van der Waals surface area (Å²) < 4.78 is 25.3. The van der Waals surface area contributed by atoms with Crippen LogP contribution in [0, 0.1) is 0 Å². The lowest BCUT2D eigenvalue weighted by Crippen LogP contribution is -2.39. The molecule has 3 N–H and O–H groups in total. The molecule has 3 atom stereocenters. The molecule has 0 spiro atoms. The first-order valence-electron chi connectivity index (χ1n) is 8.19. The van der Waals surface area contributed by atoms with E-state index >= 15 is 0 Å². The lowest BCUT2D eigenvalue weighted by Gasteiger charge is -2.16. The molecule has 2 aliphatic rings. The number of carbonyl (C=O) groups excluding carboxylic acids is 2. The number of carbonyl (C=O) groups is 2. The molecule has 3 rings (SSSR count). The minimum atomic E-state index is -3.21. The summed E-state index contributed by atoms with van der Waals surface area (Å²) >= 11 is 3.33. The predicted molar refractivity (Wildman–Crippen MR) is 98.1 cm³/mol. The third-order valence-corrected chi connectivity index (χ3v) is 7.40. The molecule has 9 heteroatoms. The number of sulfone groups is 1. The zero-order chi connectivity index (χ0) is 18.0. The van der Waals surface area contributed by atoms with Gasteiger partial charge in [0.1, 0.15) is 0 Å². The molecule has 3 amide bonds. The summed E-state index contributed by atoms with van der Waals surface area (Å²) in [7, 11) is -3.21. The molecule has 136 valence electrons. The van der Waals surface area contributed by atoms with Crippen molar-refractivity contribution >= 4 is 43.4 Å². The van der Waals surface area contributed by atoms with Crippen LogP contribution >= 0.6 is 15.9 Å². The Bertz CT molecular complexity index is 766. The van der Waals surface area contributed by atoms with E-state index in [0.29, 0.717) is 25.7 Å². The molecule has 0 aromatic heterocycles. The maximum atomic E-state index is 12.2. The van der Waals surface area contributed by atoms with E-state index in [1.54, 1.807) is 0 Å². The van der Waals surface area contributed by atoms with Crippen molar-refractivity contribution in [2.24, 2.45) is 0 Å². The zero-order valence-corrected chi connectivity index (χ0v) is 15.9. The Morgan fingerprint density at radius 3 is 2.64 bits per heavy atom. The van der Waals surface area contributed by atoms with E-state index in [4.69, 9.17) is 0 Å². The van der Waals surface area contributed by atoms with E-state index in [1.165, 1.54) is 0 Å². The van der Waals surface area contributed by atoms with Crippen molar-refractivity contribution in [1.29, 1.82) is 0 Å². The van der Waals surface area contributed by atoms with Crippen LogP contribution < -0.4 is 16.0 Å². The van der Waals surface area contributed by atoms with E-state index in [0.717, 1.165) is 10.2 Å². The number of fused-ring (bicyclic) bond motifs is 1. The molecular formula is C16H20BrN3O4S. The topological polar surface area (TPSA) is 104 Å². The SMILES string of the molecule is O=C(CCCC[C@@H]1[C@@H]2NC(=O)N[C@@H]2CS1(=O)=O)Nc1ccc(Br)cc1. The number of nitrogens with one attached hydrogen (secondary N) is 3. The first-order valence-corrected chi connectivity index (χ1v) is 10.7. The van der Waals surface area contributed by atoms with Crippen LogP contribution in [0.4, 0.5) is 10.5 Å². The monoisotopic (exact) mass is 429 g/mol. The largest absolute Gasteiger partial charge is 0.332 e. The smallest absolute Gasteiger partial charge is 0.315 e. The average Bonchev–Trinajstić information content (AvgIpc) is 2.98. The van der Waals surface area contributed by atoms with Crippen LogP contribution in [0.15, 0.2) is 28.7 Å². The fourth-order valence-electron chi connectivity index (χ4n) is 3.39. The molecule has 2 heterocycles. The first-order chi connectivity index (χ1) is 11.8. The molecule has 0 bridgehead atoms. The number of amides is 3. The number of anilines is 1. The molecule has 2 aliphatic heterocycles. The highest BCUT2D eigenvalue weighted by molar-refractivity contribution is 9.10. The van der Waals surface area contributed by atoms with Gasteiger partial charge in [0, 0.05) is 16.6 Å². The predicted octanol–water partition coefficient (Wildman–Crippen LogP) is 1.80. The van der Waals surface area contributed by atoms with Crippen molar-refractivity contribution in [1.82, 2.24) is 10.6 Å². The maximum Gasteiger partial charge on any atom is 0.315 e. The fourth-order valence-corrected chi connectivity index (χ4v) is 5.93. The van der Waals surface area contributed by atoms with Gasteiger partial charge in [-0.05, 0) is 37.1 Å². The molecule has 0 aliphatic carbocycles. The number of unbranched alkanes of at least 4 members (excludes halogenated alkanes) is 1. The Kier molecular flexibility index (Phi) is 5.33. The van der Waals surface area contributed by atoms with Gasteiger partial charge in [-0.15, -0.1) is 0 Å². The van der Waals surface area contributed by atoms with E-state index in [1.807, 2.05) is 24.3 Å². The summed E-state index contributed by atoms with van der Waals surface area (Å²) in [4.78, 5) is 23.3. The highest BCUT2D eigenvalue weighted by Gasteiger charge is 2.51.